The highest BCUT2D eigenvalue weighted by molar-refractivity contribution is 6.27. The maximum atomic E-state index is 12.4. The van der Waals surface area contributed by atoms with Crippen LogP contribution < -0.4 is 0 Å². The summed E-state index contributed by atoms with van der Waals surface area (Å²) in [5, 5.41) is 8.51. The van der Waals surface area contributed by atoms with Crippen molar-refractivity contribution in [3.05, 3.63) is 40.4 Å². The average molecular weight is 232 g/mol. The molecular formula is C10H5ClF3N. The van der Waals surface area contributed by atoms with Crippen molar-refractivity contribution in [3.63, 3.8) is 0 Å². The molecule has 0 aromatic heterocycles. The molecule has 0 saturated carbocycles. The summed E-state index contributed by atoms with van der Waals surface area (Å²) in [7, 11) is 0. The van der Waals surface area contributed by atoms with E-state index in [9.17, 15) is 13.2 Å². The lowest BCUT2D eigenvalue weighted by atomic mass is 10.0. The van der Waals surface area contributed by atoms with E-state index < -0.39 is 17.3 Å². The van der Waals surface area contributed by atoms with E-state index in [1.807, 2.05) is 0 Å². The van der Waals surface area contributed by atoms with Crippen molar-refractivity contribution in [2.24, 2.45) is 0 Å². The van der Waals surface area contributed by atoms with Crippen LogP contribution in [-0.4, -0.2) is 0 Å². The van der Waals surface area contributed by atoms with Crippen molar-refractivity contribution in [3.8, 4) is 6.07 Å². The molecule has 78 valence electrons. The molecule has 0 N–H and O–H groups in total. The van der Waals surface area contributed by atoms with Gasteiger partial charge >= 0.3 is 6.18 Å². The molecular weight excluding hydrogens is 227 g/mol. The van der Waals surface area contributed by atoms with Gasteiger partial charge in [0.2, 0.25) is 0 Å². The molecule has 0 unspecified atom stereocenters. The standard InChI is InChI=1S/C10H5ClF3N/c11-4-3-7-1-2-8(6-15)9(5-7)10(12,13)14/h1-5H. The molecule has 0 aliphatic heterocycles. The number of nitrogens with zero attached hydrogens (tertiary/aromatic N) is 1. The van der Waals surface area contributed by atoms with E-state index in [2.05, 4.69) is 0 Å². The molecule has 1 nitrogen and oxygen atoms in total. The maximum absolute atomic E-state index is 12.4. The molecule has 0 aliphatic carbocycles. The van der Waals surface area contributed by atoms with E-state index in [1.54, 1.807) is 0 Å². The quantitative estimate of drug-likeness (QED) is 0.721. The van der Waals surface area contributed by atoms with Crippen molar-refractivity contribution < 1.29 is 13.2 Å². The molecule has 0 radical (unpaired) electrons. The third-order valence-electron chi connectivity index (χ3n) is 1.72. The molecule has 0 bridgehead atoms. The smallest absolute Gasteiger partial charge is 0.192 e. The van der Waals surface area contributed by atoms with Crippen LogP contribution in [0.4, 0.5) is 13.2 Å². The van der Waals surface area contributed by atoms with Gasteiger partial charge in [0.25, 0.3) is 0 Å². The van der Waals surface area contributed by atoms with Gasteiger partial charge in [-0.25, -0.2) is 0 Å². The van der Waals surface area contributed by atoms with Crippen LogP contribution in [0.25, 0.3) is 6.08 Å². The molecule has 15 heavy (non-hydrogen) atoms. The van der Waals surface area contributed by atoms with Crippen LogP contribution in [-0.2, 0) is 6.18 Å². The first-order chi connectivity index (χ1) is 6.99. The monoisotopic (exact) mass is 231 g/mol. The van der Waals surface area contributed by atoms with Gasteiger partial charge in [-0.3, -0.25) is 0 Å². The highest BCUT2D eigenvalue weighted by Crippen LogP contribution is 2.32. The van der Waals surface area contributed by atoms with Crippen LogP contribution in [0.2, 0.25) is 0 Å². The van der Waals surface area contributed by atoms with E-state index in [0.29, 0.717) is 5.56 Å². The Balaban J connectivity index is 3.33. The minimum Gasteiger partial charge on any atom is -0.192 e. The molecule has 0 atom stereocenters. The first kappa shape index (κ1) is 11.6. The van der Waals surface area contributed by atoms with E-state index in [4.69, 9.17) is 16.9 Å². The maximum Gasteiger partial charge on any atom is 0.417 e. The summed E-state index contributed by atoms with van der Waals surface area (Å²) in [5.74, 6) is 0. The zero-order chi connectivity index (χ0) is 11.5. The second kappa shape index (κ2) is 4.37. The second-order valence-corrected chi connectivity index (χ2v) is 2.96. The fraction of sp³-hybridized carbons (Fsp3) is 0.100. The Labute approximate surface area is 89.4 Å². The Kier molecular flexibility index (Phi) is 3.38. The van der Waals surface area contributed by atoms with Crippen LogP contribution in [0, 0.1) is 11.3 Å². The Morgan fingerprint density at radius 3 is 2.47 bits per heavy atom. The van der Waals surface area contributed by atoms with Gasteiger partial charge in [-0.1, -0.05) is 17.7 Å². The number of nitriles is 1. The lowest BCUT2D eigenvalue weighted by Crippen LogP contribution is -2.07. The Morgan fingerprint density at radius 1 is 1.33 bits per heavy atom. The third-order valence-corrected chi connectivity index (χ3v) is 1.85. The largest absolute Gasteiger partial charge is 0.417 e. The number of hydrogen-bond donors (Lipinski definition) is 0. The number of rotatable bonds is 1. The van der Waals surface area contributed by atoms with Crippen molar-refractivity contribution in [1.82, 2.24) is 0 Å². The van der Waals surface area contributed by atoms with E-state index in [-0.39, 0.29) is 0 Å². The van der Waals surface area contributed by atoms with E-state index in [0.717, 1.165) is 17.7 Å². The van der Waals surface area contributed by atoms with E-state index >= 15 is 0 Å². The van der Waals surface area contributed by atoms with Gasteiger partial charge in [0.1, 0.15) is 0 Å². The second-order valence-electron chi connectivity index (χ2n) is 2.71. The molecule has 0 amide bonds. The SMILES string of the molecule is N#Cc1ccc(C=CCl)cc1C(F)(F)F. The first-order valence-electron chi connectivity index (χ1n) is 3.87. The topological polar surface area (TPSA) is 23.8 Å². The third kappa shape index (κ3) is 2.74. The van der Waals surface area contributed by atoms with Crippen LogP contribution in [0.1, 0.15) is 16.7 Å². The molecule has 0 aliphatic rings. The number of halogens is 4. The predicted molar refractivity (Wildman–Crippen MR) is 51.0 cm³/mol. The van der Waals surface area contributed by atoms with Crippen molar-refractivity contribution >= 4 is 17.7 Å². The summed E-state index contributed by atoms with van der Waals surface area (Å²) in [5.41, 5.74) is 0.0736. The minimum absolute atomic E-state index is 0.302. The molecule has 0 saturated heterocycles. The number of alkyl halides is 3. The Bertz CT molecular complexity index is 429. The summed E-state index contributed by atoms with van der Waals surface area (Å²) >= 11 is 5.25. The summed E-state index contributed by atoms with van der Waals surface area (Å²) in [6.45, 7) is 0. The highest BCUT2D eigenvalue weighted by Gasteiger charge is 2.33. The Hall–Kier alpha value is -1.47. The van der Waals surface area contributed by atoms with Crippen molar-refractivity contribution in [2.45, 2.75) is 6.18 Å². The predicted octanol–water partition coefficient (Wildman–Crippen LogP) is 3.79. The van der Waals surface area contributed by atoms with Crippen LogP contribution in [0.3, 0.4) is 0 Å². The first-order valence-corrected chi connectivity index (χ1v) is 4.31. The van der Waals surface area contributed by atoms with Gasteiger partial charge in [-0.2, -0.15) is 18.4 Å². The van der Waals surface area contributed by atoms with Gasteiger partial charge in [-0.05, 0) is 23.8 Å². The molecule has 0 heterocycles. The van der Waals surface area contributed by atoms with E-state index in [1.165, 1.54) is 18.2 Å². The lowest BCUT2D eigenvalue weighted by Gasteiger charge is -2.08. The fourth-order valence-corrected chi connectivity index (χ4v) is 1.22. The van der Waals surface area contributed by atoms with Crippen LogP contribution in [0.15, 0.2) is 23.7 Å². The zero-order valence-corrected chi connectivity index (χ0v) is 8.10. The molecule has 0 fully saturated rings. The number of benzene rings is 1. The van der Waals surface area contributed by atoms with Crippen LogP contribution in [0.5, 0.6) is 0 Å². The van der Waals surface area contributed by atoms with Crippen molar-refractivity contribution in [1.29, 1.82) is 5.26 Å². The minimum atomic E-state index is -4.53. The highest BCUT2D eigenvalue weighted by atomic mass is 35.5. The summed E-state index contributed by atoms with van der Waals surface area (Å²) in [4.78, 5) is 0. The molecule has 1 aromatic carbocycles. The molecule has 5 heteroatoms. The molecule has 0 spiro atoms. The fourth-order valence-electron chi connectivity index (χ4n) is 1.07. The summed E-state index contributed by atoms with van der Waals surface area (Å²) in [6.07, 6.45) is -3.21. The van der Waals surface area contributed by atoms with Gasteiger partial charge in [-0.15, -0.1) is 0 Å². The average Bonchev–Trinajstić information content (AvgIpc) is 2.17. The van der Waals surface area contributed by atoms with Crippen LogP contribution >= 0.6 is 11.6 Å². The van der Waals surface area contributed by atoms with Crippen molar-refractivity contribution in [2.75, 3.05) is 0 Å². The summed E-state index contributed by atoms with van der Waals surface area (Å²) in [6, 6.07) is 4.90. The van der Waals surface area contributed by atoms with Gasteiger partial charge in [0.15, 0.2) is 0 Å². The normalized spacial score (nSPS) is 11.7. The van der Waals surface area contributed by atoms with Gasteiger partial charge in [0, 0.05) is 5.54 Å². The zero-order valence-electron chi connectivity index (χ0n) is 7.35. The molecule has 1 rings (SSSR count). The van der Waals surface area contributed by atoms with Gasteiger partial charge in [0.05, 0.1) is 17.2 Å². The molecule has 1 aromatic rings. The lowest BCUT2D eigenvalue weighted by molar-refractivity contribution is -0.137. The summed E-state index contributed by atoms with van der Waals surface area (Å²) < 4.78 is 37.3. The van der Waals surface area contributed by atoms with Gasteiger partial charge < -0.3 is 0 Å². The number of hydrogen-bond acceptors (Lipinski definition) is 1. The Morgan fingerprint density at radius 2 is 2.00 bits per heavy atom.